The van der Waals surface area contributed by atoms with E-state index in [1.807, 2.05) is 24.3 Å². The number of carbonyl (C=O) groups is 3. The van der Waals surface area contributed by atoms with Crippen LogP contribution in [0.5, 0.6) is 0 Å². The van der Waals surface area contributed by atoms with Crippen LogP contribution in [0.15, 0.2) is 94.7 Å². The van der Waals surface area contributed by atoms with Gasteiger partial charge in [-0.2, -0.15) is 0 Å². The Hall–Kier alpha value is -5.19. The molecule has 2 aliphatic carbocycles. The first-order valence-corrected chi connectivity index (χ1v) is 20.9. The van der Waals surface area contributed by atoms with Crippen LogP contribution in [-0.2, 0) is 52.0 Å². The van der Waals surface area contributed by atoms with E-state index in [9.17, 15) is 40.0 Å². The highest BCUT2D eigenvalue weighted by atomic mass is 32.2. The maximum atomic E-state index is 13.3. The molecule has 2 aliphatic rings. The van der Waals surface area contributed by atoms with Crippen molar-refractivity contribution in [1.82, 2.24) is 5.32 Å². The molecule has 1 amide bonds. The Morgan fingerprint density at radius 1 is 0.679 bits per heavy atom. The summed E-state index contributed by atoms with van der Waals surface area (Å²) in [4.78, 5) is 30.6. The second-order valence-electron chi connectivity index (χ2n) is 13.4. The Kier molecular flexibility index (Phi) is 15.2. The molecule has 2 atom stereocenters. The minimum Gasteiger partial charge on any atom is -0.394 e. The molecule has 56 heavy (non-hydrogen) atoms. The van der Waals surface area contributed by atoms with Gasteiger partial charge >= 0.3 is 11.9 Å². The predicted octanol–water partition coefficient (Wildman–Crippen LogP) is 6.28. The van der Waals surface area contributed by atoms with Gasteiger partial charge in [0.25, 0.3) is 20.0 Å². The van der Waals surface area contributed by atoms with Gasteiger partial charge in [-0.3, -0.25) is 23.8 Å². The lowest BCUT2D eigenvalue weighted by Gasteiger charge is -2.26. The number of hydrogen-bond donors (Lipinski definition) is 4. The largest absolute Gasteiger partial charge is 0.394 e. The summed E-state index contributed by atoms with van der Waals surface area (Å²) in [5, 5.41) is 2.85. The molecule has 5 N–H and O–H groups in total. The number of sulfonamides is 2. The smallest absolute Gasteiger partial charge is 0.310 e. The summed E-state index contributed by atoms with van der Waals surface area (Å²) in [5.41, 5.74) is 11.3. The number of amides is 1. The zero-order chi connectivity index (χ0) is 41.0. The summed E-state index contributed by atoms with van der Waals surface area (Å²) in [6.07, 6.45) is 5.87. The number of hydrogen-bond acceptors (Lipinski definition) is 9. The van der Waals surface area contributed by atoms with E-state index >= 15 is 0 Å². The Morgan fingerprint density at radius 3 is 1.52 bits per heavy atom. The van der Waals surface area contributed by atoms with Gasteiger partial charge in [0.15, 0.2) is 0 Å². The topological polar surface area (TPSA) is 191 Å². The molecular formula is C40H46F2N4O8S2. The first kappa shape index (κ1) is 43.5. The number of halogens is 2. The molecule has 6 rings (SSSR count). The summed E-state index contributed by atoms with van der Waals surface area (Å²) in [5.74, 6) is -1.79. The summed E-state index contributed by atoms with van der Waals surface area (Å²) in [7, 11) is -7.64. The molecule has 0 aromatic heterocycles. The lowest BCUT2D eigenvalue weighted by molar-refractivity contribution is -0.156. The summed E-state index contributed by atoms with van der Waals surface area (Å²) < 4.78 is 85.1. The number of aryl methyl sites for hydroxylation is 2. The predicted molar refractivity (Wildman–Crippen MR) is 209 cm³/mol. The lowest BCUT2D eigenvalue weighted by atomic mass is 9.82. The summed E-state index contributed by atoms with van der Waals surface area (Å²) in [6, 6.07) is 20.9. The van der Waals surface area contributed by atoms with Crippen molar-refractivity contribution in [3.63, 3.8) is 0 Å². The molecule has 0 saturated carbocycles. The van der Waals surface area contributed by atoms with Crippen LogP contribution in [0.1, 0.15) is 80.5 Å². The highest BCUT2D eigenvalue weighted by molar-refractivity contribution is 7.93. The van der Waals surface area contributed by atoms with Crippen LogP contribution >= 0.6 is 0 Å². The fourth-order valence-electron chi connectivity index (χ4n) is 6.58. The number of ether oxygens (including phenoxy) is 1. The average molecular weight is 813 g/mol. The Labute approximate surface area is 326 Å². The quantitative estimate of drug-likeness (QED) is 0.111. The van der Waals surface area contributed by atoms with Crippen LogP contribution in [0.25, 0.3) is 0 Å². The molecular weight excluding hydrogens is 767 g/mol. The number of benzene rings is 4. The van der Waals surface area contributed by atoms with E-state index in [0.717, 1.165) is 67.3 Å². The Bertz CT molecular complexity index is 2260. The third-order valence-electron chi connectivity index (χ3n) is 9.05. The second-order valence-corrected chi connectivity index (χ2v) is 16.8. The number of fused-ring (bicyclic) bond motifs is 2. The fourth-order valence-corrected chi connectivity index (χ4v) is 8.74. The molecule has 0 fully saturated rings. The monoisotopic (exact) mass is 812 g/mol. The SMILES string of the molecule is CC(=O)NCC1CCCc2cc(NS(=O)(=O)c3cccc(F)c3)ccc21.CC(=O)OC(C)=O.NCC1CCCc2cc(NS(=O)(=O)c3cccc(F)c3)ccc21. The van der Waals surface area contributed by atoms with Gasteiger partial charge in [0.05, 0.1) is 9.79 Å². The van der Waals surface area contributed by atoms with E-state index in [4.69, 9.17) is 5.73 Å². The minimum absolute atomic E-state index is 0.0587. The van der Waals surface area contributed by atoms with Crippen molar-refractivity contribution in [2.24, 2.45) is 5.73 Å². The molecule has 12 nitrogen and oxygen atoms in total. The normalized spacial score (nSPS) is 15.9. The standard InChI is InChI=1S/C19H21FN2O3S.C17H19FN2O2S.C4H6O3/c1-13(23)21-12-15-5-2-4-14-10-17(8-9-19(14)15)22-26(24,25)18-7-3-6-16(20)11-18;18-14-5-2-6-16(10-14)23(21,22)20-15-7-8-17-12(9-15)3-1-4-13(17)11-19;1-3(5)7-4(2)6/h3,6-11,15,22H,2,4-5,12H2,1H3,(H,21,23);2,5-10,13,20H,1,3-4,11,19H2;1-2H3. The van der Waals surface area contributed by atoms with Gasteiger partial charge in [-0.25, -0.2) is 25.6 Å². The van der Waals surface area contributed by atoms with E-state index < -0.39 is 43.6 Å². The molecule has 0 radical (unpaired) electrons. The highest BCUT2D eigenvalue weighted by Crippen LogP contribution is 2.34. The molecule has 0 bridgehead atoms. The molecule has 2 unspecified atom stereocenters. The van der Waals surface area contributed by atoms with Gasteiger partial charge < -0.3 is 15.8 Å². The first-order valence-electron chi connectivity index (χ1n) is 17.9. The van der Waals surface area contributed by atoms with Crippen molar-refractivity contribution < 1.29 is 44.7 Å². The van der Waals surface area contributed by atoms with Gasteiger partial charge in [-0.1, -0.05) is 24.3 Å². The molecule has 300 valence electrons. The van der Waals surface area contributed by atoms with E-state index in [1.165, 1.54) is 62.7 Å². The maximum Gasteiger partial charge on any atom is 0.310 e. The van der Waals surface area contributed by atoms with Crippen LogP contribution in [0.3, 0.4) is 0 Å². The van der Waals surface area contributed by atoms with Crippen molar-refractivity contribution in [3.05, 3.63) is 119 Å². The maximum absolute atomic E-state index is 13.3. The number of nitrogens with one attached hydrogen (secondary N) is 3. The van der Waals surface area contributed by atoms with Crippen molar-refractivity contribution in [1.29, 1.82) is 0 Å². The third-order valence-corrected chi connectivity index (χ3v) is 11.8. The van der Waals surface area contributed by atoms with E-state index in [-0.39, 0.29) is 21.6 Å². The molecule has 0 aliphatic heterocycles. The molecule has 0 heterocycles. The van der Waals surface area contributed by atoms with Crippen molar-refractivity contribution >= 4 is 49.3 Å². The van der Waals surface area contributed by atoms with Crippen molar-refractivity contribution in [2.45, 2.75) is 80.9 Å². The Morgan fingerprint density at radius 2 is 1.12 bits per heavy atom. The average Bonchev–Trinajstić information content (AvgIpc) is 3.13. The van der Waals surface area contributed by atoms with Gasteiger partial charge in [-0.05, 0) is 134 Å². The van der Waals surface area contributed by atoms with Crippen LogP contribution in [0, 0.1) is 11.6 Å². The van der Waals surface area contributed by atoms with Gasteiger partial charge in [-0.15, -0.1) is 0 Å². The van der Waals surface area contributed by atoms with Crippen molar-refractivity contribution in [3.8, 4) is 0 Å². The molecule has 0 spiro atoms. The summed E-state index contributed by atoms with van der Waals surface area (Å²) >= 11 is 0. The number of anilines is 2. The lowest BCUT2D eigenvalue weighted by Crippen LogP contribution is -2.28. The fraction of sp³-hybridized carbons (Fsp3) is 0.325. The Balaban J connectivity index is 0.000000214. The second kappa shape index (κ2) is 19.6. The van der Waals surface area contributed by atoms with Gasteiger partial charge in [0.1, 0.15) is 11.6 Å². The van der Waals surface area contributed by atoms with Gasteiger partial charge in [0, 0.05) is 44.6 Å². The van der Waals surface area contributed by atoms with E-state index in [2.05, 4.69) is 19.5 Å². The summed E-state index contributed by atoms with van der Waals surface area (Å²) in [6.45, 7) is 5.04. The first-order chi connectivity index (χ1) is 26.5. The van der Waals surface area contributed by atoms with Crippen LogP contribution in [0.4, 0.5) is 20.2 Å². The number of nitrogens with two attached hydrogens (primary N) is 1. The zero-order valence-electron chi connectivity index (χ0n) is 31.3. The van der Waals surface area contributed by atoms with Crippen LogP contribution in [0.2, 0.25) is 0 Å². The molecule has 4 aromatic carbocycles. The van der Waals surface area contributed by atoms with Crippen molar-refractivity contribution in [2.75, 3.05) is 22.5 Å². The zero-order valence-corrected chi connectivity index (χ0v) is 32.9. The van der Waals surface area contributed by atoms with Gasteiger partial charge in [0.2, 0.25) is 5.91 Å². The van der Waals surface area contributed by atoms with Crippen LogP contribution < -0.4 is 20.5 Å². The molecule has 16 heteroatoms. The molecule has 0 saturated heterocycles. The third kappa shape index (κ3) is 12.7. The number of carbonyl (C=O) groups excluding carboxylic acids is 3. The molecule has 4 aromatic rings. The highest BCUT2D eigenvalue weighted by Gasteiger charge is 2.23. The number of esters is 2. The van der Waals surface area contributed by atoms with E-state index in [1.54, 1.807) is 12.1 Å². The van der Waals surface area contributed by atoms with E-state index in [0.29, 0.717) is 30.4 Å². The minimum atomic E-state index is -3.84. The van der Waals surface area contributed by atoms with Crippen LogP contribution in [-0.4, -0.2) is 47.8 Å². The number of rotatable bonds is 9.